The number of phenols is 1. The molecule has 1 unspecified atom stereocenters. The van der Waals surface area contributed by atoms with Gasteiger partial charge in [0.2, 0.25) is 0 Å². The fourth-order valence-corrected chi connectivity index (χ4v) is 1.94. The number of halogens is 1. The lowest BCUT2D eigenvalue weighted by atomic mass is 9.95. The number of hydrogen-bond donors (Lipinski definition) is 2. The molecule has 0 amide bonds. The standard InChI is InChI=1S/C16H13FO4/c1-9(16(20)21)13-8-11(4-7-14(13)18)15(19)10-2-5-12(17)6-3-10/h2-9,18H,1H3,(H,20,21). The van der Waals surface area contributed by atoms with Crippen molar-refractivity contribution < 1.29 is 24.2 Å². The molecule has 2 aromatic carbocycles. The van der Waals surface area contributed by atoms with Gasteiger partial charge in [-0.3, -0.25) is 9.59 Å². The largest absolute Gasteiger partial charge is 0.508 e. The Labute approximate surface area is 120 Å². The number of phenolic OH excluding ortho intramolecular Hbond substituents is 1. The third kappa shape index (κ3) is 3.08. The Balaban J connectivity index is 2.41. The maximum Gasteiger partial charge on any atom is 0.310 e. The minimum absolute atomic E-state index is 0.162. The number of hydrogen-bond acceptors (Lipinski definition) is 3. The van der Waals surface area contributed by atoms with Crippen molar-refractivity contribution in [3.05, 3.63) is 65.0 Å². The Morgan fingerprint density at radius 1 is 1.05 bits per heavy atom. The minimum atomic E-state index is -1.10. The van der Waals surface area contributed by atoms with E-state index < -0.39 is 17.7 Å². The summed E-state index contributed by atoms with van der Waals surface area (Å²) in [7, 11) is 0. The Bertz CT molecular complexity index is 692. The van der Waals surface area contributed by atoms with E-state index in [2.05, 4.69) is 0 Å². The molecule has 0 aliphatic heterocycles. The zero-order valence-electron chi connectivity index (χ0n) is 11.2. The molecule has 21 heavy (non-hydrogen) atoms. The predicted octanol–water partition coefficient (Wildman–Crippen LogP) is 2.95. The van der Waals surface area contributed by atoms with Crippen molar-refractivity contribution in [2.24, 2.45) is 0 Å². The van der Waals surface area contributed by atoms with Gasteiger partial charge in [0, 0.05) is 16.7 Å². The Kier molecular flexibility index (Phi) is 4.03. The predicted molar refractivity (Wildman–Crippen MR) is 74.0 cm³/mol. The molecule has 0 heterocycles. The highest BCUT2D eigenvalue weighted by molar-refractivity contribution is 6.09. The lowest BCUT2D eigenvalue weighted by molar-refractivity contribution is -0.138. The second-order valence-corrected chi connectivity index (χ2v) is 4.67. The van der Waals surface area contributed by atoms with Crippen molar-refractivity contribution >= 4 is 11.8 Å². The lowest BCUT2D eigenvalue weighted by Gasteiger charge is -2.11. The third-order valence-corrected chi connectivity index (χ3v) is 3.23. The van der Waals surface area contributed by atoms with E-state index in [4.69, 9.17) is 5.11 Å². The monoisotopic (exact) mass is 288 g/mol. The summed E-state index contributed by atoms with van der Waals surface area (Å²) in [6.45, 7) is 1.42. The first-order valence-electron chi connectivity index (χ1n) is 6.26. The zero-order valence-corrected chi connectivity index (χ0v) is 11.2. The number of carboxylic acids is 1. The highest BCUT2D eigenvalue weighted by Crippen LogP contribution is 2.27. The van der Waals surface area contributed by atoms with Crippen LogP contribution in [0.4, 0.5) is 4.39 Å². The topological polar surface area (TPSA) is 74.6 Å². The number of carbonyl (C=O) groups excluding carboxylic acids is 1. The van der Waals surface area contributed by atoms with Crippen LogP contribution in [0.2, 0.25) is 0 Å². The van der Waals surface area contributed by atoms with E-state index in [1.54, 1.807) is 0 Å². The summed E-state index contributed by atoms with van der Waals surface area (Å²) in [6, 6.07) is 9.09. The molecule has 2 rings (SSSR count). The van der Waals surface area contributed by atoms with Crippen LogP contribution >= 0.6 is 0 Å². The van der Waals surface area contributed by atoms with Crippen LogP contribution in [0, 0.1) is 5.82 Å². The molecule has 0 aliphatic carbocycles. The second kappa shape index (κ2) is 5.75. The van der Waals surface area contributed by atoms with Gasteiger partial charge in [-0.15, -0.1) is 0 Å². The van der Waals surface area contributed by atoms with Gasteiger partial charge in [0.05, 0.1) is 5.92 Å². The van der Waals surface area contributed by atoms with E-state index in [0.717, 1.165) is 0 Å². The summed E-state index contributed by atoms with van der Waals surface area (Å²) in [4.78, 5) is 23.3. The lowest BCUT2D eigenvalue weighted by Crippen LogP contribution is -2.09. The van der Waals surface area contributed by atoms with Crippen LogP contribution in [0.25, 0.3) is 0 Å². The van der Waals surface area contributed by atoms with Gasteiger partial charge in [0.25, 0.3) is 0 Å². The van der Waals surface area contributed by atoms with Gasteiger partial charge in [0.15, 0.2) is 5.78 Å². The van der Waals surface area contributed by atoms with Crippen LogP contribution in [0.15, 0.2) is 42.5 Å². The molecule has 5 heteroatoms. The highest BCUT2D eigenvalue weighted by Gasteiger charge is 2.20. The molecule has 2 aromatic rings. The molecule has 0 aromatic heterocycles. The van der Waals surface area contributed by atoms with Crippen LogP contribution in [-0.4, -0.2) is 22.0 Å². The molecule has 0 radical (unpaired) electrons. The molecule has 0 spiro atoms. The molecule has 1 atom stereocenters. The summed E-state index contributed by atoms with van der Waals surface area (Å²) in [5.74, 6) is -3.03. The number of aliphatic carboxylic acids is 1. The van der Waals surface area contributed by atoms with Gasteiger partial charge >= 0.3 is 5.97 Å². The van der Waals surface area contributed by atoms with Gasteiger partial charge < -0.3 is 10.2 Å². The van der Waals surface area contributed by atoms with Crippen molar-refractivity contribution in [2.45, 2.75) is 12.8 Å². The summed E-state index contributed by atoms with van der Waals surface area (Å²) in [6.07, 6.45) is 0. The van der Waals surface area contributed by atoms with E-state index in [0.29, 0.717) is 0 Å². The fraction of sp³-hybridized carbons (Fsp3) is 0.125. The average molecular weight is 288 g/mol. The van der Waals surface area contributed by atoms with Crippen LogP contribution in [0.1, 0.15) is 34.3 Å². The number of carbonyl (C=O) groups is 2. The van der Waals surface area contributed by atoms with E-state index in [9.17, 15) is 19.1 Å². The molecular formula is C16H13FO4. The molecule has 0 aliphatic rings. The summed E-state index contributed by atoms with van der Waals surface area (Å²) in [5, 5.41) is 18.7. The number of rotatable bonds is 4. The van der Waals surface area contributed by atoms with Crippen LogP contribution in [0.3, 0.4) is 0 Å². The Morgan fingerprint density at radius 2 is 1.62 bits per heavy atom. The number of carboxylic acid groups (broad SMARTS) is 1. The smallest absolute Gasteiger partial charge is 0.310 e. The Hall–Kier alpha value is -2.69. The summed E-state index contributed by atoms with van der Waals surface area (Å²) >= 11 is 0. The quantitative estimate of drug-likeness (QED) is 0.848. The first kappa shape index (κ1) is 14.7. The molecule has 0 fully saturated rings. The van der Waals surface area contributed by atoms with Gasteiger partial charge in [-0.05, 0) is 49.4 Å². The highest BCUT2D eigenvalue weighted by atomic mass is 19.1. The molecule has 0 saturated heterocycles. The first-order chi connectivity index (χ1) is 9.90. The van der Waals surface area contributed by atoms with Crippen molar-refractivity contribution in [1.29, 1.82) is 0 Å². The van der Waals surface area contributed by atoms with Crippen molar-refractivity contribution in [3.63, 3.8) is 0 Å². The SMILES string of the molecule is CC(C(=O)O)c1cc(C(=O)c2ccc(F)cc2)ccc1O. The van der Waals surface area contributed by atoms with Gasteiger partial charge in [0.1, 0.15) is 11.6 Å². The number of ketones is 1. The van der Waals surface area contributed by atoms with Gasteiger partial charge in [-0.25, -0.2) is 4.39 Å². The van der Waals surface area contributed by atoms with Crippen molar-refractivity contribution in [1.82, 2.24) is 0 Å². The normalized spacial score (nSPS) is 11.9. The molecule has 108 valence electrons. The maximum atomic E-state index is 12.9. The Morgan fingerprint density at radius 3 is 2.19 bits per heavy atom. The molecule has 2 N–H and O–H groups in total. The number of aromatic hydroxyl groups is 1. The van der Waals surface area contributed by atoms with Crippen molar-refractivity contribution in [2.75, 3.05) is 0 Å². The van der Waals surface area contributed by atoms with E-state index in [-0.39, 0.29) is 28.2 Å². The van der Waals surface area contributed by atoms with Crippen LogP contribution in [0.5, 0.6) is 5.75 Å². The minimum Gasteiger partial charge on any atom is -0.508 e. The maximum absolute atomic E-state index is 12.9. The number of benzene rings is 2. The molecule has 0 saturated carbocycles. The van der Waals surface area contributed by atoms with E-state index >= 15 is 0 Å². The van der Waals surface area contributed by atoms with Gasteiger partial charge in [-0.2, -0.15) is 0 Å². The van der Waals surface area contributed by atoms with Crippen LogP contribution < -0.4 is 0 Å². The van der Waals surface area contributed by atoms with Crippen molar-refractivity contribution in [3.8, 4) is 5.75 Å². The fourth-order valence-electron chi connectivity index (χ4n) is 1.94. The van der Waals surface area contributed by atoms with Gasteiger partial charge in [-0.1, -0.05) is 0 Å². The average Bonchev–Trinajstić information content (AvgIpc) is 2.47. The zero-order chi connectivity index (χ0) is 15.6. The first-order valence-corrected chi connectivity index (χ1v) is 6.26. The summed E-state index contributed by atoms with van der Waals surface area (Å²) < 4.78 is 12.9. The molecule has 4 nitrogen and oxygen atoms in total. The van der Waals surface area contributed by atoms with E-state index in [1.165, 1.54) is 49.4 Å². The third-order valence-electron chi connectivity index (χ3n) is 3.23. The molecular weight excluding hydrogens is 275 g/mol. The summed E-state index contributed by atoms with van der Waals surface area (Å²) in [5.41, 5.74) is 0.689. The van der Waals surface area contributed by atoms with Crippen LogP contribution in [-0.2, 0) is 4.79 Å². The molecule has 0 bridgehead atoms. The van der Waals surface area contributed by atoms with E-state index in [1.807, 2.05) is 0 Å². The second-order valence-electron chi connectivity index (χ2n) is 4.67.